The standard InChI is InChI=1S/C12H26N2O.H2/c1-4-7-14-8-9-15-12(10-14)5-6-13-11(2)3;/h11-13H,4-10H2,1-3H3;1H/t12-;/m0./s1. The lowest BCUT2D eigenvalue weighted by molar-refractivity contribution is -0.0315. The Morgan fingerprint density at radius 1 is 1.53 bits per heavy atom. The van der Waals surface area contributed by atoms with Gasteiger partial charge in [-0.15, -0.1) is 0 Å². The zero-order valence-corrected chi connectivity index (χ0v) is 10.5. The van der Waals surface area contributed by atoms with Crippen molar-refractivity contribution in [2.24, 2.45) is 0 Å². The van der Waals surface area contributed by atoms with Gasteiger partial charge in [-0.3, -0.25) is 4.90 Å². The van der Waals surface area contributed by atoms with Gasteiger partial charge in [-0.2, -0.15) is 0 Å². The van der Waals surface area contributed by atoms with E-state index >= 15 is 0 Å². The number of nitrogens with zero attached hydrogens (tertiary/aromatic N) is 1. The van der Waals surface area contributed by atoms with E-state index in [2.05, 4.69) is 31.0 Å². The second-order valence-corrected chi connectivity index (χ2v) is 4.69. The van der Waals surface area contributed by atoms with E-state index in [1.807, 2.05) is 0 Å². The van der Waals surface area contributed by atoms with Gasteiger partial charge in [-0.1, -0.05) is 20.8 Å². The predicted molar refractivity (Wildman–Crippen MR) is 66.3 cm³/mol. The molecule has 0 bridgehead atoms. The quantitative estimate of drug-likeness (QED) is 0.732. The van der Waals surface area contributed by atoms with Crippen molar-refractivity contribution in [1.29, 1.82) is 0 Å². The average molecular weight is 216 g/mol. The van der Waals surface area contributed by atoms with E-state index in [4.69, 9.17) is 4.74 Å². The van der Waals surface area contributed by atoms with Gasteiger partial charge in [0.25, 0.3) is 0 Å². The molecule has 0 aromatic carbocycles. The number of hydrogen-bond acceptors (Lipinski definition) is 3. The fraction of sp³-hybridized carbons (Fsp3) is 1.00. The third-order valence-electron chi connectivity index (χ3n) is 2.78. The largest absolute Gasteiger partial charge is 0.376 e. The number of ether oxygens (including phenoxy) is 1. The Kier molecular flexibility index (Phi) is 6.22. The van der Waals surface area contributed by atoms with Gasteiger partial charge < -0.3 is 10.1 Å². The molecule has 92 valence electrons. The molecular weight excluding hydrogens is 188 g/mol. The van der Waals surface area contributed by atoms with Gasteiger partial charge in [-0.05, 0) is 25.9 Å². The molecular formula is C12H28N2O. The molecule has 0 saturated carbocycles. The molecule has 1 saturated heterocycles. The lowest BCUT2D eigenvalue weighted by atomic mass is 10.2. The van der Waals surface area contributed by atoms with E-state index in [1.165, 1.54) is 13.0 Å². The van der Waals surface area contributed by atoms with Crippen LogP contribution < -0.4 is 5.32 Å². The van der Waals surface area contributed by atoms with E-state index in [1.54, 1.807) is 0 Å². The Morgan fingerprint density at radius 3 is 3.00 bits per heavy atom. The second-order valence-electron chi connectivity index (χ2n) is 4.69. The molecule has 1 aliphatic rings. The Labute approximate surface area is 95.7 Å². The normalized spacial score (nSPS) is 23.6. The molecule has 0 amide bonds. The molecule has 0 aromatic rings. The highest BCUT2D eigenvalue weighted by Crippen LogP contribution is 2.08. The van der Waals surface area contributed by atoms with Crippen molar-refractivity contribution in [1.82, 2.24) is 10.2 Å². The van der Waals surface area contributed by atoms with Crippen LogP contribution in [0.4, 0.5) is 0 Å². The van der Waals surface area contributed by atoms with Crippen LogP contribution in [0, 0.1) is 0 Å². The zero-order valence-electron chi connectivity index (χ0n) is 10.5. The third-order valence-corrected chi connectivity index (χ3v) is 2.78. The van der Waals surface area contributed by atoms with Gasteiger partial charge >= 0.3 is 0 Å². The monoisotopic (exact) mass is 216 g/mol. The third kappa shape index (κ3) is 5.50. The summed E-state index contributed by atoms with van der Waals surface area (Å²) in [7, 11) is 0. The van der Waals surface area contributed by atoms with Crippen LogP contribution in [0.25, 0.3) is 0 Å². The molecule has 1 fully saturated rings. The summed E-state index contributed by atoms with van der Waals surface area (Å²) in [6, 6.07) is 0.584. The molecule has 3 nitrogen and oxygen atoms in total. The van der Waals surface area contributed by atoms with E-state index in [-0.39, 0.29) is 1.43 Å². The molecule has 0 aromatic heterocycles. The molecule has 3 heteroatoms. The van der Waals surface area contributed by atoms with Gasteiger partial charge in [0.05, 0.1) is 12.7 Å². The van der Waals surface area contributed by atoms with Gasteiger partial charge in [0.1, 0.15) is 0 Å². The van der Waals surface area contributed by atoms with Crippen LogP contribution >= 0.6 is 0 Å². The fourth-order valence-electron chi connectivity index (χ4n) is 2.01. The zero-order chi connectivity index (χ0) is 11.1. The summed E-state index contributed by atoms with van der Waals surface area (Å²) in [5, 5.41) is 3.44. The lowest BCUT2D eigenvalue weighted by Gasteiger charge is -2.32. The summed E-state index contributed by atoms with van der Waals surface area (Å²) in [6.07, 6.45) is 2.83. The first-order chi connectivity index (χ1) is 7.22. The molecule has 1 heterocycles. The van der Waals surface area contributed by atoms with Crippen molar-refractivity contribution in [3.63, 3.8) is 0 Å². The molecule has 0 radical (unpaired) electrons. The Balaban J connectivity index is 0.00000225. The van der Waals surface area contributed by atoms with Crippen molar-refractivity contribution in [2.45, 2.75) is 45.8 Å². The Hall–Kier alpha value is -0.120. The smallest absolute Gasteiger partial charge is 0.0714 e. The van der Waals surface area contributed by atoms with Crippen LogP contribution in [0.15, 0.2) is 0 Å². The number of nitrogens with one attached hydrogen (secondary N) is 1. The first kappa shape index (κ1) is 12.9. The van der Waals surface area contributed by atoms with Gasteiger partial charge in [0.2, 0.25) is 0 Å². The van der Waals surface area contributed by atoms with Crippen LogP contribution in [-0.2, 0) is 4.74 Å². The molecule has 1 aliphatic heterocycles. The van der Waals surface area contributed by atoms with Crippen LogP contribution in [0.3, 0.4) is 0 Å². The summed E-state index contributed by atoms with van der Waals surface area (Å²) in [5.41, 5.74) is 0. The molecule has 1 N–H and O–H groups in total. The first-order valence-corrected chi connectivity index (χ1v) is 6.29. The summed E-state index contributed by atoms with van der Waals surface area (Å²) in [6.45, 7) is 12.0. The Morgan fingerprint density at radius 2 is 2.33 bits per heavy atom. The highest BCUT2D eigenvalue weighted by atomic mass is 16.5. The maximum Gasteiger partial charge on any atom is 0.0714 e. The maximum atomic E-state index is 5.75. The van der Waals surface area contributed by atoms with Crippen LogP contribution in [0.5, 0.6) is 0 Å². The summed E-state index contributed by atoms with van der Waals surface area (Å²) in [4.78, 5) is 2.52. The SMILES string of the molecule is CCCN1CCO[C@@H](CCNC(C)C)C1.[HH]. The summed E-state index contributed by atoms with van der Waals surface area (Å²) < 4.78 is 5.75. The minimum absolute atomic E-state index is 0. The van der Waals surface area contributed by atoms with E-state index in [9.17, 15) is 0 Å². The topological polar surface area (TPSA) is 24.5 Å². The molecule has 0 spiro atoms. The average Bonchev–Trinajstić information content (AvgIpc) is 2.18. The molecule has 0 unspecified atom stereocenters. The predicted octanol–water partition coefficient (Wildman–Crippen LogP) is 1.73. The van der Waals surface area contributed by atoms with Crippen molar-refractivity contribution < 1.29 is 6.16 Å². The molecule has 0 aliphatic carbocycles. The number of morpholine rings is 1. The van der Waals surface area contributed by atoms with Crippen molar-refractivity contribution in [3.05, 3.63) is 0 Å². The van der Waals surface area contributed by atoms with Crippen LogP contribution in [0.1, 0.15) is 35.0 Å². The first-order valence-electron chi connectivity index (χ1n) is 6.29. The maximum absolute atomic E-state index is 5.75. The number of hydrogen-bond donors (Lipinski definition) is 1. The van der Waals surface area contributed by atoms with Gasteiger partial charge in [0, 0.05) is 20.6 Å². The Bertz CT molecular complexity index is 165. The molecule has 1 rings (SSSR count). The summed E-state index contributed by atoms with van der Waals surface area (Å²) >= 11 is 0. The second kappa shape index (κ2) is 7.20. The number of rotatable bonds is 6. The molecule has 15 heavy (non-hydrogen) atoms. The van der Waals surface area contributed by atoms with Crippen molar-refractivity contribution in [2.75, 3.05) is 32.8 Å². The van der Waals surface area contributed by atoms with Crippen molar-refractivity contribution in [3.8, 4) is 0 Å². The minimum Gasteiger partial charge on any atom is -0.376 e. The summed E-state index contributed by atoms with van der Waals surface area (Å²) in [5.74, 6) is 0. The molecule has 1 atom stereocenters. The minimum atomic E-state index is 0. The lowest BCUT2D eigenvalue weighted by Crippen LogP contribution is -2.43. The van der Waals surface area contributed by atoms with Gasteiger partial charge in [-0.25, -0.2) is 0 Å². The highest BCUT2D eigenvalue weighted by molar-refractivity contribution is 4.72. The van der Waals surface area contributed by atoms with Crippen LogP contribution in [-0.4, -0.2) is 49.8 Å². The van der Waals surface area contributed by atoms with E-state index < -0.39 is 0 Å². The van der Waals surface area contributed by atoms with Gasteiger partial charge in [0.15, 0.2) is 0 Å². The highest BCUT2D eigenvalue weighted by Gasteiger charge is 2.19. The van der Waals surface area contributed by atoms with E-state index in [0.29, 0.717) is 12.1 Å². The van der Waals surface area contributed by atoms with Crippen LogP contribution in [0.2, 0.25) is 0 Å². The van der Waals surface area contributed by atoms with Crippen molar-refractivity contribution >= 4 is 0 Å². The fourth-order valence-corrected chi connectivity index (χ4v) is 2.01. The van der Waals surface area contributed by atoms with E-state index in [0.717, 1.165) is 32.7 Å².